The molecule has 1 heterocycles. The molecule has 0 aliphatic carbocycles. The molecule has 0 unspecified atom stereocenters. The van der Waals surface area contributed by atoms with Crippen LogP contribution in [0.4, 0.5) is 0 Å². The first-order valence-electron chi connectivity index (χ1n) is 4.51. The van der Waals surface area contributed by atoms with Crippen LogP contribution < -0.4 is 0 Å². The van der Waals surface area contributed by atoms with Crippen LogP contribution in [-0.4, -0.2) is 29.6 Å². The maximum atomic E-state index is 11.5. The number of ketones is 3. The van der Waals surface area contributed by atoms with Gasteiger partial charge in [-0.05, 0) is 20.3 Å². The Bertz CT molecular complexity index is 327. The van der Waals surface area contributed by atoms with E-state index in [0.29, 0.717) is 13.0 Å². The Labute approximate surface area is 82.4 Å². The molecule has 0 radical (unpaired) electrons. The standard InChI is InChI=1S/C10H13NO3/c1-6(12)9-10(7(2)13,8(3)14)4-5-11-9/h4-5H2,1-3H3. The number of aliphatic imine (C=N–C) groups is 1. The molecule has 14 heavy (non-hydrogen) atoms. The maximum absolute atomic E-state index is 11.5. The summed E-state index contributed by atoms with van der Waals surface area (Å²) in [4.78, 5) is 38.1. The average Bonchev–Trinajstić information content (AvgIpc) is 2.47. The lowest BCUT2D eigenvalue weighted by Crippen LogP contribution is -2.44. The van der Waals surface area contributed by atoms with Crippen LogP contribution in [0.25, 0.3) is 0 Å². The van der Waals surface area contributed by atoms with E-state index in [-0.39, 0.29) is 23.1 Å². The van der Waals surface area contributed by atoms with E-state index in [1.807, 2.05) is 0 Å². The fourth-order valence-corrected chi connectivity index (χ4v) is 1.93. The summed E-state index contributed by atoms with van der Waals surface area (Å²) in [5, 5.41) is 0. The minimum absolute atomic E-state index is 0.137. The highest BCUT2D eigenvalue weighted by molar-refractivity contribution is 6.50. The van der Waals surface area contributed by atoms with Crippen LogP contribution in [0, 0.1) is 5.41 Å². The predicted octanol–water partition coefficient (Wildman–Crippen LogP) is 0.585. The van der Waals surface area contributed by atoms with Crippen molar-refractivity contribution in [2.24, 2.45) is 10.4 Å². The highest BCUT2D eigenvalue weighted by atomic mass is 16.2. The fourth-order valence-electron chi connectivity index (χ4n) is 1.93. The van der Waals surface area contributed by atoms with E-state index in [1.54, 1.807) is 0 Å². The Morgan fingerprint density at radius 1 is 1.14 bits per heavy atom. The molecule has 4 heteroatoms. The molecule has 0 bridgehead atoms. The molecule has 1 aliphatic heterocycles. The number of hydrogen-bond donors (Lipinski definition) is 0. The van der Waals surface area contributed by atoms with Crippen LogP contribution in [0.1, 0.15) is 27.2 Å². The van der Waals surface area contributed by atoms with Gasteiger partial charge in [0, 0.05) is 13.5 Å². The largest absolute Gasteiger partial charge is 0.298 e. The summed E-state index contributed by atoms with van der Waals surface area (Å²) in [7, 11) is 0. The second-order valence-electron chi connectivity index (χ2n) is 3.55. The van der Waals surface area contributed by atoms with Crippen molar-refractivity contribution < 1.29 is 14.4 Å². The maximum Gasteiger partial charge on any atom is 0.175 e. The minimum Gasteiger partial charge on any atom is -0.298 e. The zero-order chi connectivity index (χ0) is 10.9. The summed E-state index contributed by atoms with van der Waals surface area (Å²) in [6, 6.07) is 0. The molecule has 0 amide bonds. The van der Waals surface area contributed by atoms with Gasteiger partial charge in [0.2, 0.25) is 0 Å². The van der Waals surface area contributed by atoms with Gasteiger partial charge in [0.25, 0.3) is 0 Å². The van der Waals surface area contributed by atoms with Crippen molar-refractivity contribution in [3.05, 3.63) is 0 Å². The summed E-state index contributed by atoms with van der Waals surface area (Å²) >= 11 is 0. The molecule has 0 saturated heterocycles. The van der Waals surface area contributed by atoms with Gasteiger partial charge >= 0.3 is 0 Å². The quantitative estimate of drug-likeness (QED) is 0.619. The van der Waals surface area contributed by atoms with Crippen molar-refractivity contribution in [1.82, 2.24) is 0 Å². The van der Waals surface area contributed by atoms with E-state index in [9.17, 15) is 14.4 Å². The zero-order valence-electron chi connectivity index (χ0n) is 8.59. The topological polar surface area (TPSA) is 63.6 Å². The monoisotopic (exact) mass is 195 g/mol. The van der Waals surface area contributed by atoms with Gasteiger partial charge in [-0.3, -0.25) is 19.4 Å². The first kappa shape index (κ1) is 10.8. The van der Waals surface area contributed by atoms with Crippen molar-refractivity contribution in [3.63, 3.8) is 0 Å². The van der Waals surface area contributed by atoms with Crippen molar-refractivity contribution in [1.29, 1.82) is 0 Å². The number of carbonyl (C=O) groups is 3. The molecular weight excluding hydrogens is 182 g/mol. The van der Waals surface area contributed by atoms with E-state index in [1.165, 1.54) is 20.8 Å². The summed E-state index contributed by atoms with van der Waals surface area (Å²) in [5.41, 5.74) is -1.11. The molecule has 0 aromatic carbocycles. The van der Waals surface area contributed by atoms with Crippen molar-refractivity contribution in [2.75, 3.05) is 6.54 Å². The molecule has 0 saturated carbocycles. The van der Waals surface area contributed by atoms with Crippen molar-refractivity contribution in [2.45, 2.75) is 27.2 Å². The predicted molar refractivity (Wildman–Crippen MR) is 51.4 cm³/mol. The third kappa shape index (κ3) is 1.31. The normalized spacial score (nSPS) is 18.9. The van der Waals surface area contributed by atoms with Gasteiger partial charge in [0.1, 0.15) is 17.0 Å². The number of carbonyl (C=O) groups excluding carboxylic acids is 3. The molecule has 1 aliphatic rings. The van der Waals surface area contributed by atoms with Gasteiger partial charge in [-0.1, -0.05) is 0 Å². The third-order valence-corrected chi connectivity index (χ3v) is 2.70. The summed E-state index contributed by atoms with van der Waals surface area (Å²) < 4.78 is 0. The summed E-state index contributed by atoms with van der Waals surface area (Å²) in [6.45, 7) is 4.40. The molecule has 0 aromatic rings. The van der Waals surface area contributed by atoms with Gasteiger partial charge in [-0.15, -0.1) is 0 Å². The van der Waals surface area contributed by atoms with E-state index in [2.05, 4.69) is 4.99 Å². The molecule has 1 rings (SSSR count). The van der Waals surface area contributed by atoms with Crippen LogP contribution >= 0.6 is 0 Å². The Hall–Kier alpha value is -1.32. The van der Waals surface area contributed by atoms with Gasteiger partial charge in [-0.25, -0.2) is 0 Å². The number of hydrogen-bond acceptors (Lipinski definition) is 4. The Morgan fingerprint density at radius 2 is 1.64 bits per heavy atom. The first-order chi connectivity index (χ1) is 6.43. The van der Waals surface area contributed by atoms with Crippen LogP contribution in [0.5, 0.6) is 0 Å². The zero-order valence-corrected chi connectivity index (χ0v) is 8.59. The second kappa shape index (κ2) is 3.44. The van der Waals surface area contributed by atoms with Crippen LogP contribution in [0.15, 0.2) is 4.99 Å². The average molecular weight is 195 g/mol. The lowest BCUT2D eigenvalue weighted by molar-refractivity contribution is -0.134. The minimum atomic E-state index is -1.24. The molecule has 0 spiro atoms. The Kier molecular flexibility index (Phi) is 2.64. The Balaban J connectivity index is 3.25. The van der Waals surface area contributed by atoms with Gasteiger partial charge < -0.3 is 0 Å². The number of nitrogens with zero attached hydrogens (tertiary/aromatic N) is 1. The third-order valence-electron chi connectivity index (χ3n) is 2.70. The van der Waals surface area contributed by atoms with E-state index in [4.69, 9.17) is 0 Å². The second-order valence-corrected chi connectivity index (χ2v) is 3.55. The van der Waals surface area contributed by atoms with Crippen LogP contribution in [-0.2, 0) is 14.4 Å². The SMILES string of the molecule is CC(=O)C1=NCCC1(C(C)=O)C(C)=O. The Morgan fingerprint density at radius 3 is 1.93 bits per heavy atom. The molecule has 0 aromatic heterocycles. The molecule has 0 fully saturated rings. The highest BCUT2D eigenvalue weighted by Crippen LogP contribution is 2.32. The van der Waals surface area contributed by atoms with Gasteiger partial charge in [0.15, 0.2) is 5.78 Å². The lowest BCUT2D eigenvalue weighted by Gasteiger charge is -2.23. The first-order valence-corrected chi connectivity index (χ1v) is 4.51. The highest BCUT2D eigenvalue weighted by Gasteiger charge is 2.49. The molecule has 0 atom stereocenters. The summed E-state index contributed by atoms with van der Waals surface area (Å²) in [5.74, 6) is -0.846. The van der Waals surface area contributed by atoms with Gasteiger partial charge in [0.05, 0.1) is 5.71 Å². The molecule has 76 valence electrons. The lowest BCUT2D eigenvalue weighted by atomic mass is 9.74. The van der Waals surface area contributed by atoms with E-state index >= 15 is 0 Å². The number of Topliss-reactive ketones (excluding diaryl/α,β-unsaturated/α-hetero) is 3. The smallest absolute Gasteiger partial charge is 0.175 e. The molecule has 0 N–H and O–H groups in total. The van der Waals surface area contributed by atoms with E-state index < -0.39 is 5.41 Å². The molecule has 4 nitrogen and oxygen atoms in total. The number of rotatable bonds is 3. The van der Waals surface area contributed by atoms with E-state index in [0.717, 1.165) is 0 Å². The van der Waals surface area contributed by atoms with Crippen LogP contribution in [0.3, 0.4) is 0 Å². The fraction of sp³-hybridized carbons (Fsp3) is 0.600. The van der Waals surface area contributed by atoms with Gasteiger partial charge in [-0.2, -0.15) is 0 Å². The summed E-state index contributed by atoms with van der Waals surface area (Å²) in [6.07, 6.45) is 0.340. The molecular formula is C10H13NO3. The van der Waals surface area contributed by atoms with Crippen molar-refractivity contribution in [3.8, 4) is 0 Å². The van der Waals surface area contributed by atoms with Crippen molar-refractivity contribution >= 4 is 23.1 Å². The van der Waals surface area contributed by atoms with Crippen LogP contribution in [0.2, 0.25) is 0 Å².